The topological polar surface area (TPSA) is 164 Å². The number of hydrogen-bond acceptors (Lipinski definition) is 13. The van der Waals surface area contributed by atoms with Crippen molar-refractivity contribution in [2.24, 2.45) is 0 Å². The van der Waals surface area contributed by atoms with Crippen LogP contribution in [0.25, 0.3) is 0 Å². The molecular weight excluding hydrogens is 819 g/mol. The maximum absolute atomic E-state index is 11.7. The van der Waals surface area contributed by atoms with Crippen LogP contribution in [0.3, 0.4) is 0 Å². The smallest absolute Gasteiger partial charge is 0.337 e. The summed E-state index contributed by atoms with van der Waals surface area (Å²) in [6, 6.07) is 29.5. The van der Waals surface area contributed by atoms with Crippen molar-refractivity contribution in [1.29, 1.82) is 0 Å². The summed E-state index contributed by atoms with van der Waals surface area (Å²) in [6.07, 6.45) is 2.97. The number of carbonyl (C=O) groups is 2. The lowest BCUT2D eigenvalue weighted by molar-refractivity contribution is 0.0599. The maximum Gasteiger partial charge on any atom is 0.337 e. The first-order valence-corrected chi connectivity index (χ1v) is 20.3. The van der Waals surface area contributed by atoms with Gasteiger partial charge < -0.3 is 39.8 Å². The standard InChI is InChI=1S/C23H23ClN4O3.C22H21ClN4O3/c1-15(17-6-8-18(9-7-17)23(29)30-2)27-21-20-22(26-14-25-21)31-11-10-28(20)13-16-4-3-5-19(24)12-16;1-14(16-5-7-17(8-6-16)22(28)29)26-20-19-21(25-13-24-20)30-10-9-27(19)12-15-3-2-4-18(23)11-15/h3-9,12,14-15H,10-11,13H2,1-2H3,(H,25,26,27);2-8,11,13-14H,9-10,12H2,1H3,(H,28,29)(H,24,25,26)/t15-;14-/m00/s1. The van der Waals surface area contributed by atoms with Gasteiger partial charge in [-0.15, -0.1) is 0 Å². The molecule has 2 aliphatic rings. The molecule has 16 heteroatoms. The van der Waals surface area contributed by atoms with Gasteiger partial charge in [0.25, 0.3) is 0 Å². The summed E-state index contributed by atoms with van der Waals surface area (Å²) in [7, 11) is 1.37. The molecule has 14 nitrogen and oxygen atoms in total. The lowest BCUT2D eigenvalue weighted by Crippen LogP contribution is -2.33. The van der Waals surface area contributed by atoms with E-state index in [9.17, 15) is 9.59 Å². The molecule has 0 saturated heterocycles. The SMILES string of the molecule is COC(=O)c1ccc([C@H](C)Nc2ncnc3c2N(Cc2cccc(Cl)c2)CCO3)cc1.C[C@H](Nc1ncnc2c1N(Cc1cccc(Cl)c1)CCO2)c1ccc(C(=O)O)cc1. The fraction of sp³-hybridized carbons (Fsp3) is 0.244. The molecule has 0 unspecified atom stereocenters. The van der Waals surface area contributed by atoms with Crippen LogP contribution in [-0.2, 0) is 17.8 Å². The number of carbonyl (C=O) groups excluding carboxylic acids is 1. The number of carboxylic acids is 1. The number of aromatic carboxylic acids is 1. The van der Waals surface area contributed by atoms with Crippen molar-refractivity contribution in [2.75, 3.05) is 53.8 Å². The van der Waals surface area contributed by atoms with Crippen LogP contribution < -0.4 is 29.9 Å². The monoisotopic (exact) mass is 862 g/mol. The lowest BCUT2D eigenvalue weighted by atomic mass is 10.1. The molecule has 0 fully saturated rings. The number of anilines is 4. The Labute approximate surface area is 363 Å². The third kappa shape index (κ3) is 10.6. The van der Waals surface area contributed by atoms with Gasteiger partial charge in [-0.3, -0.25) is 0 Å². The Morgan fingerprint density at radius 3 is 1.54 bits per heavy atom. The molecule has 2 aromatic heterocycles. The lowest BCUT2D eigenvalue weighted by Gasteiger charge is -2.32. The van der Waals surface area contributed by atoms with E-state index in [2.05, 4.69) is 40.4 Å². The van der Waals surface area contributed by atoms with E-state index in [0.717, 1.165) is 33.6 Å². The van der Waals surface area contributed by atoms with Crippen molar-refractivity contribution < 1.29 is 28.9 Å². The van der Waals surface area contributed by atoms with E-state index in [0.29, 0.717) is 78.4 Å². The van der Waals surface area contributed by atoms with Gasteiger partial charge >= 0.3 is 11.9 Å². The van der Waals surface area contributed by atoms with E-state index < -0.39 is 5.97 Å². The van der Waals surface area contributed by atoms with Crippen LogP contribution >= 0.6 is 23.2 Å². The zero-order valence-corrected chi connectivity index (χ0v) is 35.2. The normalized spacial score (nSPS) is 13.8. The number of esters is 1. The number of nitrogens with one attached hydrogen (secondary N) is 2. The molecule has 2 atom stereocenters. The summed E-state index contributed by atoms with van der Waals surface area (Å²) < 4.78 is 16.3. The van der Waals surface area contributed by atoms with Gasteiger partial charge in [-0.1, -0.05) is 71.7 Å². The number of rotatable bonds is 12. The van der Waals surface area contributed by atoms with E-state index in [-0.39, 0.29) is 23.6 Å². The Bertz CT molecular complexity index is 2480. The van der Waals surface area contributed by atoms with Crippen LogP contribution in [0.2, 0.25) is 10.0 Å². The van der Waals surface area contributed by atoms with Crippen LogP contribution in [0.5, 0.6) is 11.8 Å². The van der Waals surface area contributed by atoms with Gasteiger partial charge in [0, 0.05) is 23.1 Å². The number of nitrogens with zero attached hydrogens (tertiary/aromatic N) is 6. The highest BCUT2D eigenvalue weighted by Gasteiger charge is 2.27. The zero-order chi connectivity index (χ0) is 42.9. The minimum Gasteiger partial charge on any atom is -0.478 e. The quantitative estimate of drug-likeness (QED) is 0.1000. The first-order valence-electron chi connectivity index (χ1n) is 19.5. The number of methoxy groups -OCH3 is 1. The largest absolute Gasteiger partial charge is 0.478 e. The molecule has 8 rings (SSSR count). The number of aromatic nitrogens is 4. The van der Waals surface area contributed by atoms with Gasteiger partial charge in [0.15, 0.2) is 11.6 Å². The number of hydrogen-bond donors (Lipinski definition) is 3. The Kier molecular flexibility index (Phi) is 13.7. The second kappa shape index (κ2) is 19.6. The van der Waals surface area contributed by atoms with Crippen molar-refractivity contribution in [3.63, 3.8) is 0 Å². The highest BCUT2D eigenvalue weighted by Crippen LogP contribution is 2.39. The highest BCUT2D eigenvalue weighted by atomic mass is 35.5. The fourth-order valence-electron chi connectivity index (χ4n) is 6.99. The number of fused-ring (bicyclic) bond motifs is 2. The summed E-state index contributed by atoms with van der Waals surface area (Å²) in [5, 5.41) is 17.4. The molecule has 6 aromatic rings. The van der Waals surface area contributed by atoms with Gasteiger partial charge in [-0.05, 0) is 84.6 Å². The molecule has 0 radical (unpaired) electrons. The Hall–Kier alpha value is -6.64. The molecule has 4 heterocycles. The second-order valence-corrected chi connectivity index (χ2v) is 15.2. The Morgan fingerprint density at radius 2 is 1.13 bits per heavy atom. The summed E-state index contributed by atoms with van der Waals surface area (Å²) in [5.74, 6) is 1.15. The third-order valence-corrected chi connectivity index (χ3v) is 10.6. The fourth-order valence-corrected chi connectivity index (χ4v) is 7.42. The average molecular weight is 864 g/mol. The summed E-state index contributed by atoms with van der Waals surface area (Å²) in [5.41, 5.74) is 6.54. The molecule has 0 aliphatic carbocycles. The second-order valence-electron chi connectivity index (χ2n) is 14.3. The van der Waals surface area contributed by atoms with Gasteiger partial charge in [-0.25, -0.2) is 19.6 Å². The molecule has 0 bridgehead atoms. The van der Waals surface area contributed by atoms with Crippen molar-refractivity contribution in [3.8, 4) is 11.8 Å². The zero-order valence-electron chi connectivity index (χ0n) is 33.7. The van der Waals surface area contributed by atoms with E-state index >= 15 is 0 Å². The Balaban J connectivity index is 0.000000184. The Morgan fingerprint density at radius 1 is 0.689 bits per heavy atom. The minimum atomic E-state index is -0.944. The maximum atomic E-state index is 11.7. The summed E-state index contributed by atoms with van der Waals surface area (Å²) >= 11 is 12.3. The van der Waals surface area contributed by atoms with Crippen molar-refractivity contribution >= 4 is 58.2 Å². The molecule has 314 valence electrons. The molecule has 0 spiro atoms. The molecule has 0 saturated carbocycles. The molecule has 0 amide bonds. The highest BCUT2D eigenvalue weighted by molar-refractivity contribution is 6.30. The molecule has 61 heavy (non-hydrogen) atoms. The molecule has 4 aromatic carbocycles. The third-order valence-electron chi connectivity index (χ3n) is 10.1. The van der Waals surface area contributed by atoms with Crippen LogP contribution in [0, 0.1) is 0 Å². The summed E-state index contributed by atoms with van der Waals surface area (Å²) in [4.78, 5) is 44.7. The van der Waals surface area contributed by atoms with Crippen LogP contribution in [-0.4, -0.2) is 70.4 Å². The average Bonchev–Trinajstić information content (AvgIpc) is 3.26. The van der Waals surface area contributed by atoms with Gasteiger partial charge in [0.1, 0.15) is 37.2 Å². The van der Waals surface area contributed by atoms with Crippen LogP contribution in [0.15, 0.2) is 110 Å². The minimum absolute atomic E-state index is 0.0550. The molecular formula is C45H44Cl2N8O6. The van der Waals surface area contributed by atoms with Crippen molar-refractivity contribution in [1.82, 2.24) is 19.9 Å². The number of carboxylic acid groups (broad SMARTS) is 1. The van der Waals surface area contributed by atoms with Crippen molar-refractivity contribution in [2.45, 2.75) is 39.0 Å². The number of benzene rings is 4. The first-order chi connectivity index (χ1) is 29.6. The number of ether oxygens (including phenoxy) is 3. The van der Waals surface area contributed by atoms with Gasteiger partial charge in [-0.2, -0.15) is 9.97 Å². The van der Waals surface area contributed by atoms with E-state index in [4.69, 9.17) is 42.5 Å². The number of halogens is 2. The van der Waals surface area contributed by atoms with E-state index in [1.807, 2.05) is 74.5 Å². The predicted molar refractivity (Wildman–Crippen MR) is 235 cm³/mol. The van der Waals surface area contributed by atoms with Gasteiger partial charge in [0.05, 0.1) is 43.4 Å². The van der Waals surface area contributed by atoms with Gasteiger partial charge in [0.2, 0.25) is 11.8 Å². The predicted octanol–water partition coefficient (Wildman–Crippen LogP) is 8.89. The van der Waals surface area contributed by atoms with E-state index in [1.54, 1.807) is 36.4 Å². The van der Waals surface area contributed by atoms with Crippen LogP contribution in [0.4, 0.5) is 23.0 Å². The summed E-state index contributed by atoms with van der Waals surface area (Å²) in [6.45, 7) is 7.85. The molecule has 3 N–H and O–H groups in total. The molecule has 2 aliphatic heterocycles. The van der Waals surface area contributed by atoms with Crippen molar-refractivity contribution in [3.05, 3.63) is 153 Å². The first kappa shape index (κ1) is 42.5. The van der Waals surface area contributed by atoms with Crippen LogP contribution in [0.1, 0.15) is 68.9 Å². The van der Waals surface area contributed by atoms with E-state index in [1.165, 1.54) is 19.8 Å².